The number of hydrogen-bond donors (Lipinski definition) is 3. The number of halogens is 1. The Bertz CT molecular complexity index is 804. The SMILES string of the molecule is O=C(CNc1nc(-c2ccncc2)n[nH]1)Nc1cccc(Cl)c1. The second kappa shape index (κ2) is 6.89. The van der Waals surface area contributed by atoms with Gasteiger partial charge in [0.1, 0.15) is 0 Å². The maximum atomic E-state index is 11.9. The van der Waals surface area contributed by atoms with E-state index in [0.29, 0.717) is 22.5 Å². The number of anilines is 2. The van der Waals surface area contributed by atoms with Crippen LogP contribution in [-0.2, 0) is 4.79 Å². The number of aromatic amines is 1. The van der Waals surface area contributed by atoms with Crippen LogP contribution in [0.3, 0.4) is 0 Å². The summed E-state index contributed by atoms with van der Waals surface area (Å²) in [5, 5.41) is 13.0. The molecule has 3 rings (SSSR count). The fourth-order valence-electron chi connectivity index (χ4n) is 1.91. The van der Waals surface area contributed by atoms with Crippen molar-refractivity contribution in [3.05, 3.63) is 53.8 Å². The Hall–Kier alpha value is -2.93. The summed E-state index contributed by atoms with van der Waals surface area (Å²) in [4.78, 5) is 20.1. The molecule has 0 fully saturated rings. The largest absolute Gasteiger partial charge is 0.346 e. The molecule has 0 aliphatic carbocycles. The number of carbonyl (C=O) groups excluding carboxylic acids is 1. The zero-order valence-electron chi connectivity index (χ0n) is 12.0. The number of hydrogen-bond acceptors (Lipinski definition) is 5. The van der Waals surface area contributed by atoms with Crippen LogP contribution >= 0.6 is 11.6 Å². The number of amides is 1. The zero-order chi connectivity index (χ0) is 16.1. The molecule has 8 heteroatoms. The van der Waals surface area contributed by atoms with Crippen molar-refractivity contribution in [1.82, 2.24) is 20.2 Å². The smallest absolute Gasteiger partial charge is 0.243 e. The highest BCUT2D eigenvalue weighted by atomic mass is 35.5. The molecule has 1 aromatic carbocycles. The van der Waals surface area contributed by atoms with Crippen molar-refractivity contribution >= 4 is 29.1 Å². The molecule has 2 heterocycles. The number of pyridine rings is 1. The summed E-state index contributed by atoms with van der Waals surface area (Å²) in [7, 11) is 0. The third-order valence-electron chi connectivity index (χ3n) is 2.95. The van der Waals surface area contributed by atoms with E-state index in [1.54, 1.807) is 48.8 Å². The van der Waals surface area contributed by atoms with Gasteiger partial charge in [0.25, 0.3) is 0 Å². The first-order valence-corrected chi connectivity index (χ1v) is 7.20. The fourth-order valence-corrected chi connectivity index (χ4v) is 2.10. The maximum absolute atomic E-state index is 11.9. The molecule has 3 aromatic rings. The number of aromatic nitrogens is 4. The Balaban J connectivity index is 1.56. The Morgan fingerprint density at radius 3 is 2.83 bits per heavy atom. The highest BCUT2D eigenvalue weighted by Gasteiger charge is 2.07. The van der Waals surface area contributed by atoms with E-state index in [-0.39, 0.29) is 12.5 Å². The minimum Gasteiger partial charge on any atom is -0.346 e. The number of rotatable bonds is 5. The number of nitrogens with zero attached hydrogens (tertiary/aromatic N) is 3. The third-order valence-corrected chi connectivity index (χ3v) is 3.18. The normalized spacial score (nSPS) is 10.3. The molecule has 7 nitrogen and oxygen atoms in total. The Morgan fingerprint density at radius 1 is 1.22 bits per heavy atom. The number of carbonyl (C=O) groups is 1. The van der Waals surface area contributed by atoms with E-state index in [9.17, 15) is 4.79 Å². The van der Waals surface area contributed by atoms with E-state index in [1.165, 1.54) is 0 Å². The Labute approximate surface area is 137 Å². The van der Waals surface area contributed by atoms with Crippen LogP contribution in [0.4, 0.5) is 11.6 Å². The van der Waals surface area contributed by atoms with Gasteiger partial charge in [-0.15, -0.1) is 0 Å². The lowest BCUT2D eigenvalue weighted by Crippen LogP contribution is -2.22. The van der Waals surface area contributed by atoms with E-state index < -0.39 is 0 Å². The van der Waals surface area contributed by atoms with Gasteiger partial charge in [0.15, 0.2) is 5.82 Å². The van der Waals surface area contributed by atoms with E-state index in [2.05, 4.69) is 30.8 Å². The molecule has 0 aliphatic rings. The van der Waals surface area contributed by atoms with Crippen molar-refractivity contribution in [1.29, 1.82) is 0 Å². The van der Waals surface area contributed by atoms with Gasteiger partial charge in [0.05, 0.1) is 6.54 Å². The highest BCUT2D eigenvalue weighted by molar-refractivity contribution is 6.30. The van der Waals surface area contributed by atoms with Gasteiger partial charge in [-0.2, -0.15) is 10.1 Å². The van der Waals surface area contributed by atoms with Crippen molar-refractivity contribution < 1.29 is 4.79 Å². The van der Waals surface area contributed by atoms with Crippen LogP contribution in [0.5, 0.6) is 0 Å². The summed E-state index contributed by atoms with van der Waals surface area (Å²) in [5.41, 5.74) is 1.48. The zero-order valence-corrected chi connectivity index (χ0v) is 12.7. The predicted molar refractivity (Wildman–Crippen MR) is 88.2 cm³/mol. The van der Waals surface area contributed by atoms with E-state index in [4.69, 9.17) is 11.6 Å². The molecule has 23 heavy (non-hydrogen) atoms. The molecule has 0 aliphatic heterocycles. The first-order chi connectivity index (χ1) is 11.2. The molecule has 0 bridgehead atoms. The second-order valence-electron chi connectivity index (χ2n) is 4.66. The van der Waals surface area contributed by atoms with Crippen LogP contribution < -0.4 is 10.6 Å². The predicted octanol–water partition coefficient (Wildman–Crippen LogP) is 2.57. The summed E-state index contributed by atoms with van der Waals surface area (Å²) >= 11 is 5.87. The van der Waals surface area contributed by atoms with E-state index in [0.717, 1.165) is 5.56 Å². The average Bonchev–Trinajstić information content (AvgIpc) is 3.03. The lowest BCUT2D eigenvalue weighted by atomic mass is 10.3. The average molecular weight is 329 g/mol. The molecular weight excluding hydrogens is 316 g/mol. The van der Waals surface area contributed by atoms with Gasteiger partial charge in [-0.05, 0) is 30.3 Å². The van der Waals surface area contributed by atoms with Crippen LogP contribution in [-0.4, -0.2) is 32.6 Å². The van der Waals surface area contributed by atoms with Crippen LogP contribution in [0.1, 0.15) is 0 Å². The number of nitrogens with one attached hydrogen (secondary N) is 3. The molecule has 0 radical (unpaired) electrons. The van der Waals surface area contributed by atoms with E-state index >= 15 is 0 Å². The van der Waals surface area contributed by atoms with Gasteiger partial charge in [0.2, 0.25) is 11.9 Å². The first-order valence-electron chi connectivity index (χ1n) is 6.83. The maximum Gasteiger partial charge on any atom is 0.243 e. The molecule has 3 N–H and O–H groups in total. The molecule has 0 saturated carbocycles. The van der Waals surface area contributed by atoms with E-state index in [1.807, 2.05) is 0 Å². The lowest BCUT2D eigenvalue weighted by Gasteiger charge is -2.05. The highest BCUT2D eigenvalue weighted by Crippen LogP contribution is 2.15. The summed E-state index contributed by atoms with van der Waals surface area (Å²) in [5.74, 6) is 0.734. The molecule has 0 saturated heterocycles. The quantitative estimate of drug-likeness (QED) is 0.669. The molecular formula is C15H13ClN6O. The van der Waals surface area contributed by atoms with Crippen LogP contribution in [0.25, 0.3) is 11.4 Å². The molecule has 1 amide bonds. The molecule has 0 atom stereocenters. The Kier molecular flexibility index (Phi) is 4.49. The minimum atomic E-state index is -0.214. The molecule has 116 valence electrons. The lowest BCUT2D eigenvalue weighted by molar-refractivity contribution is -0.114. The minimum absolute atomic E-state index is 0.0531. The topological polar surface area (TPSA) is 95.6 Å². The molecule has 2 aromatic heterocycles. The Morgan fingerprint density at radius 2 is 2.04 bits per heavy atom. The number of H-pyrrole nitrogens is 1. The van der Waals surface area contributed by atoms with Crippen molar-refractivity contribution in [2.45, 2.75) is 0 Å². The summed E-state index contributed by atoms with van der Waals surface area (Å²) in [6, 6.07) is 10.6. The standard InChI is InChI=1S/C15H13ClN6O/c16-11-2-1-3-12(8-11)19-13(23)9-18-15-20-14(21-22-15)10-4-6-17-7-5-10/h1-8H,9H2,(H,19,23)(H2,18,20,21,22). The second-order valence-corrected chi connectivity index (χ2v) is 5.09. The molecule has 0 spiro atoms. The fraction of sp³-hybridized carbons (Fsp3) is 0.0667. The van der Waals surface area contributed by atoms with Crippen molar-refractivity contribution in [2.24, 2.45) is 0 Å². The first kappa shape index (κ1) is 15.0. The summed E-state index contributed by atoms with van der Waals surface area (Å²) in [6.07, 6.45) is 3.33. The van der Waals surface area contributed by atoms with Crippen molar-refractivity contribution in [3.63, 3.8) is 0 Å². The van der Waals surface area contributed by atoms with Gasteiger partial charge in [-0.1, -0.05) is 17.7 Å². The van der Waals surface area contributed by atoms with Gasteiger partial charge in [0, 0.05) is 28.7 Å². The molecule has 0 unspecified atom stereocenters. The summed E-state index contributed by atoms with van der Waals surface area (Å²) < 4.78 is 0. The summed E-state index contributed by atoms with van der Waals surface area (Å²) in [6.45, 7) is 0.0531. The van der Waals surface area contributed by atoms with Crippen LogP contribution in [0.2, 0.25) is 5.02 Å². The van der Waals surface area contributed by atoms with Crippen molar-refractivity contribution in [3.8, 4) is 11.4 Å². The van der Waals surface area contributed by atoms with Gasteiger partial charge < -0.3 is 10.6 Å². The van der Waals surface area contributed by atoms with Gasteiger partial charge in [-0.3, -0.25) is 9.78 Å². The third kappa shape index (κ3) is 4.04. The monoisotopic (exact) mass is 328 g/mol. The van der Waals surface area contributed by atoms with Crippen LogP contribution in [0.15, 0.2) is 48.8 Å². The number of benzene rings is 1. The van der Waals surface area contributed by atoms with Crippen molar-refractivity contribution in [2.75, 3.05) is 17.2 Å². The van der Waals surface area contributed by atoms with Gasteiger partial charge in [-0.25, -0.2) is 5.10 Å². The van der Waals surface area contributed by atoms with Crippen LogP contribution in [0, 0.1) is 0 Å². The van der Waals surface area contributed by atoms with Gasteiger partial charge >= 0.3 is 0 Å².